The van der Waals surface area contributed by atoms with Crippen molar-refractivity contribution >= 4 is 36.3 Å². The van der Waals surface area contributed by atoms with Crippen LogP contribution in [0.25, 0.3) is 0 Å². The Labute approximate surface area is 163 Å². The largest absolute Gasteiger partial charge is 0.530 e. The third-order valence-corrected chi connectivity index (χ3v) is 6.61. The highest BCUT2D eigenvalue weighted by Crippen LogP contribution is 2.32. The summed E-state index contributed by atoms with van der Waals surface area (Å²) in [7, 11) is -1.31. The molecule has 1 heterocycles. The van der Waals surface area contributed by atoms with Gasteiger partial charge in [-0.05, 0) is 30.2 Å². The summed E-state index contributed by atoms with van der Waals surface area (Å²) in [4.78, 5) is 24.5. The van der Waals surface area contributed by atoms with Crippen molar-refractivity contribution in [2.45, 2.75) is 44.1 Å². The van der Waals surface area contributed by atoms with Gasteiger partial charge >= 0.3 is 6.16 Å². The summed E-state index contributed by atoms with van der Waals surface area (Å²) in [6.45, 7) is 7.36. The van der Waals surface area contributed by atoms with Crippen LogP contribution in [0.3, 0.4) is 0 Å². The molecule has 1 aliphatic heterocycles. The molecule has 2 rings (SSSR count). The Morgan fingerprint density at radius 3 is 2.69 bits per heavy atom. The second-order valence-corrected chi connectivity index (χ2v) is 14.3. The summed E-state index contributed by atoms with van der Waals surface area (Å²) in [5, 5.41) is 11.2. The Hall–Kier alpha value is -1.54. The van der Waals surface area contributed by atoms with Crippen molar-refractivity contribution in [2.24, 2.45) is 0 Å². The molecule has 1 aromatic rings. The van der Waals surface area contributed by atoms with Crippen LogP contribution in [0.15, 0.2) is 28.7 Å². The second kappa shape index (κ2) is 8.90. The molecule has 6 nitrogen and oxygen atoms in total. The first-order valence-electron chi connectivity index (χ1n) is 8.70. The van der Waals surface area contributed by atoms with Gasteiger partial charge in [0.2, 0.25) is 0 Å². The molecule has 0 saturated carbocycles. The van der Waals surface area contributed by atoms with Crippen molar-refractivity contribution < 1.29 is 24.2 Å². The van der Waals surface area contributed by atoms with E-state index in [1.807, 2.05) is 24.3 Å². The predicted molar refractivity (Wildman–Crippen MR) is 103 cm³/mol. The number of rotatable bonds is 5. The molecule has 0 spiro atoms. The van der Waals surface area contributed by atoms with Crippen molar-refractivity contribution in [3.05, 3.63) is 34.3 Å². The maximum absolute atomic E-state index is 12.1. The van der Waals surface area contributed by atoms with E-state index in [-0.39, 0.29) is 12.5 Å². The number of carboxylic acid groups (broad SMARTS) is 1. The maximum Gasteiger partial charge on any atom is 0.508 e. The Kier molecular flexibility index (Phi) is 7.11. The zero-order valence-electron chi connectivity index (χ0n) is 15.4. The summed E-state index contributed by atoms with van der Waals surface area (Å²) < 4.78 is 11.6. The van der Waals surface area contributed by atoms with E-state index in [9.17, 15) is 14.7 Å². The van der Waals surface area contributed by atoms with Gasteiger partial charge in [0.05, 0.1) is 13.2 Å². The van der Waals surface area contributed by atoms with Gasteiger partial charge in [0.1, 0.15) is 12.2 Å². The van der Waals surface area contributed by atoms with Crippen LogP contribution in [0.5, 0.6) is 0 Å². The monoisotopic (exact) mass is 442 g/mol. The van der Waals surface area contributed by atoms with E-state index in [0.29, 0.717) is 19.6 Å². The van der Waals surface area contributed by atoms with Gasteiger partial charge in [0.25, 0.3) is 0 Å². The number of nitrogens with zero attached hydrogens (tertiary/aromatic N) is 1. The van der Waals surface area contributed by atoms with E-state index >= 15 is 0 Å². The Balaban J connectivity index is 2.05. The van der Waals surface area contributed by atoms with Crippen LogP contribution < -0.4 is 5.11 Å². The first-order chi connectivity index (χ1) is 12.2. The van der Waals surface area contributed by atoms with Crippen LogP contribution in [-0.4, -0.2) is 51.0 Å². The Morgan fingerprint density at radius 2 is 2.08 bits per heavy atom. The lowest BCUT2D eigenvalue weighted by molar-refractivity contribution is -0.268. The second-order valence-electron chi connectivity index (χ2n) is 7.73. The molecule has 0 radical (unpaired) electrons. The first kappa shape index (κ1) is 20.8. The minimum Gasteiger partial charge on any atom is -0.530 e. The summed E-state index contributed by atoms with van der Waals surface area (Å²) in [6, 6.07) is 8.60. The van der Waals surface area contributed by atoms with E-state index in [1.165, 1.54) is 4.90 Å². The fourth-order valence-corrected chi connectivity index (χ4v) is 4.05. The molecule has 26 heavy (non-hydrogen) atoms. The van der Waals surface area contributed by atoms with Gasteiger partial charge in [0.15, 0.2) is 0 Å². The van der Waals surface area contributed by atoms with Gasteiger partial charge in [-0.25, -0.2) is 4.79 Å². The number of carbonyl (C=O) groups is 2. The molecule has 1 aromatic carbocycles. The molecule has 0 aromatic heterocycles. The van der Waals surface area contributed by atoms with Crippen molar-refractivity contribution in [2.75, 3.05) is 19.7 Å². The number of benzene rings is 1. The number of ether oxygens (including phenoxy) is 2. The SMILES string of the molecule is C[Si](C)(C)CCOC(=O)OC1CN(C(=O)[O-])CCC1c1cccc(Br)c1. The number of hydrogen-bond donors (Lipinski definition) is 0. The smallest absolute Gasteiger partial charge is 0.508 e. The fourth-order valence-electron chi connectivity index (χ4n) is 2.92. The van der Waals surface area contributed by atoms with Crippen molar-refractivity contribution in [1.29, 1.82) is 0 Å². The number of piperidine rings is 1. The molecular formula is C18H25BrNO5Si-. The number of halogens is 1. The van der Waals surface area contributed by atoms with E-state index in [0.717, 1.165) is 16.1 Å². The summed E-state index contributed by atoms with van der Waals surface area (Å²) >= 11 is 3.44. The minimum absolute atomic E-state index is 0.0859. The topological polar surface area (TPSA) is 78.9 Å². The molecule has 1 aliphatic rings. The van der Waals surface area contributed by atoms with E-state index in [2.05, 4.69) is 35.6 Å². The summed E-state index contributed by atoms with van der Waals surface area (Å²) in [6.07, 6.45) is -2.04. The average Bonchev–Trinajstić information content (AvgIpc) is 2.53. The number of likely N-dealkylation sites (tertiary alicyclic amines) is 1. The van der Waals surface area contributed by atoms with Crippen LogP contribution in [0, 0.1) is 0 Å². The zero-order valence-corrected chi connectivity index (χ0v) is 18.0. The molecule has 0 aliphatic carbocycles. The fraction of sp³-hybridized carbons (Fsp3) is 0.556. The third-order valence-electron chi connectivity index (χ3n) is 4.41. The molecule has 0 bridgehead atoms. The molecule has 8 heteroatoms. The van der Waals surface area contributed by atoms with Crippen LogP contribution in [0.4, 0.5) is 9.59 Å². The molecule has 2 unspecified atom stereocenters. The molecular weight excluding hydrogens is 418 g/mol. The molecule has 1 amide bonds. The van der Waals surface area contributed by atoms with Gasteiger partial charge in [-0.2, -0.15) is 0 Å². The van der Waals surface area contributed by atoms with Crippen LogP contribution in [0.2, 0.25) is 25.7 Å². The number of carbonyl (C=O) groups excluding carboxylic acids is 2. The molecule has 1 fully saturated rings. The third kappa shape index (κ3) is 6.32. The van der Waals surface area contributed by atoms with Crippen molar-refractivity contribution in [1.82, 2.24) is 4.90 Å². The number of amides is 1. The highest BCUT2D eigenvalue weighted by molar-refractivity contribution is 9.10. The van der Waals surface area contributed by atoms with E-state index < -0.39 is 26.4 Å². The molecule has 0 N–H and O–H groups in total. The summed E-state index contributed by atoms with van der Waals surface area (Å²) in [5.74, 6) is -0.0901. The lowest BCUT2D eigenvalue weighted by Crippen LogP contribution is -2.51. The van der Waals surface area contributed by atoms with Crippen LogP contribution >= 0.6 is 15.9 Å². The van der Waals surface area contributed by atoms with E-state index in [4.69, 9.17) is 9.47 Å². The highest BCUT2D eigenvalue weighted by Gasteiger charge is 2.34. The number of hydrogen-bond acceptors (Lipinski definition) is 5. The predicted octanol–water partition coefficient (Wildman–Crippen LogP) is 3.44. The quantitative estimate of drug-likeness (QED) is 0.515. The van der Waals surface area contributed by atoms with Gasteiger partial charge < -0.3 is 24.3 Å². The minimum atomic E-state index is -1.31. The van der Waals surface area contributed by atoms with Gasteiger partial charge in [-0.15, -0.1) is 0 Å². The summed E-state index contributed by atoms with van der Waals surface area (Å²) in [5.41, 5.74) is 0.997. The van der Waals surface area contributed by atoms with Gasteiger partial charge in [0, 0.05) is 25.0 Å². The highest BCUT2D eigenvalue weighted by atomic mass is 79.9. The van der Waals surface area contributed by atoms with Crippen LogP contribution in [-0.2, 0) is 9.47 Å². The van der Waals surface area contributed by atoms with Gasteiger partial charge in [-0.1, -0.05) is 47.7 Å². The molecule has 144 valence electrons. The van der Waals surface area contributed by atoms with E-state index in [1.54, 1.807) is 0 Å². The van der Waals surface area contributed by atoms with Crippen molar-refractivity contribution in [3.63, 3.8) is 0 Å². The van der Waals surface area contributed by atoms with Crippen LogP contribution in [0.1, 0.15) is 17.9 Å². The first-order valence-corrected chi connectivity index (χ1v) is 13.2. The lowest BCUT2D eigenvalue weighted by Gasteiger charge is -2.39. The maximum atomic E-state index is 12.1. The molecule has 1 saturated heterocycles. The zero-order chi connectivity index (χ0) is 19.3. The Morgan fingerprint density at radius 1 is 1.35 bits per heavy atom. The lowest BCUT2D eigenvalue weighted by atomic mass is 9.87. The normalized spacial score (nSPS) is 20.5. The van der Waals surface area contributed by atoms with Crippen molar-refractivity contribution in [3.8, 4) is 0 Å². The Bertz CT molecular complexity index is 649. The average molecular weight is 443 g/mol. The standard InChI is InChI=1S/C18H26BrNO5Si/c1-26(2,3)10-9-24-18(23)25-16-12-20(17(21)22)8-7-15(16)13-5-4-6-14(19)11-13/h4-6,11,15-16H,7-10,12H2,1-3H3,(H,21,22)/p-1. The van der Waals surface area contributed by atoms with Gasteiger partial charge in [-0.3, -0.25) is 0 Å². The molecule has 2 atom stereocenters.